The molecular weight excluding hydrogens is 302 g/mol. The summed E-state index contributed by atoms with van der Waals surface area (Å²) in [5, 5.41) is 2.88. The number of anilines is 1. The second kappa shape index (κ2) is 7.77. The molecule has 1 amide bonds. The summed E-state index contributed by atoms with van der Waals surface area (Å²) in [4.78, 5) is 24.5. The first-order chi connectivity index (χ1) is 11.5. The molecule has 0 fully saturated rings. The number of amides is 1. The van der Waals surface area contributed by atoms with Crippen LogP contribution in [0.5, 0.6) is 0 Å². The molecule has 24 heavy (non-hydrogen) atoms. The fraction of sp³-hybridized carbons (Fsp3) is 0.300. The van der Waals surface area contributed by atoms with Gasteiger partial charge in [0.05, 0.1) is 24.3 Å². The van der Waals surface area contributed by atoms with Crippen molar-refractivity contribution >= 4 is 17.6 Å². The van der Waals surface area contributed by atoms with Crippen molar-refractivity contribution in [1.82, 2.24) is 0 Å². The maximum Gasteiger partial charge on any atom is 0.339 e. The Morgan fingerprint density at radius 2 is 1.79 bits per heavy atom. The Labute approximate surface area is 142 Å². The lowest BCUT2D eigenvalue weighted by Crippen LogP contribution is -2.21. The first kappa shape index (κ1) is 17.7. The summed E-state index contributed by atoms with van der Waals surface area (Å²) < 4.78 is 4.79. The van der Waals surface area contributed by atoms with Crippen LogP contribution in [0.4, 0.5) is 5.69 Å². The van der Waals surface area contributed by atoms with Crippen molar-refractivity contribution in [3.8, 4) is 0 Å². The van der Waals surface area contributed by atoms with Gasteiger partial charge in [-0.25, -0.2) is 4.79 Å². The highest BCUT2D eigenvalue weighted by Gasteiger charge is 2.20. The van der Waals surface area contributed by atoms with Crippen LogP contribution in [0.2, 0.25) is 0 Å². The lowest BCUT2D eigenvalue weighted by molar-refractivity contribution is -0.117. The molecule has 0 aliphatic carbocycles. The SMILES string of the molecule is CCc1ccc(C(C)C(=O)Nc2c(C)cccc2C(=O)OC)cc1. The number of esters is 1. The third kappa shape index (κ3) is 3.82. The number of benzene rings is 2. The molecule has 0 saturated carbocycles. The normalized spacial score (nSPS) is 11.7. The predicted molar refractivity (Wildman–Crippen MR) is 95.4 cm³/mol. The van der Waals surface area contributed by atoms with E-state index < -0.39 is 5.97 Å². The van der Waals surface area contributed by atoms with E-state index in [-0.39, 0.29) is 11.8 Å². The summed E-state index contributed by atoms with van der Waals surface area (Å²) >= 11 is 0. The standard InChI is InChI=1S/C20H23NO3/c1-5-15-9-11-16(12-10-15)14(3)19(22)21-18-13(2)7-6-8-17(18)20(23)24-4/h6-12,14H,5H2,1-4H3,(H,21,22). The van der Waals surface area contributed by atoms with Crippen molar-refractivity contribution < 1.29 is 14.3 Å². The molecule has 0 aliphatic rings. The van der Waals surface area contributed by atoms with Crippen LogP contribution in [0.15, 0.2) is 42.5 Å². The first-order valence-electron chi connectivity index (χ1n) is 8.05. The summed E-state index contributed by atoms with van der Waals surface area (Å²) in [5.41, 5.74) is 3.86. The zero-order chi connectivity index (χ0) is 17.7. The number of para-hydroxylation sites is 1. The van der Waals surface area contributed by atoms with E-state index in [0.717, 1.165) is 17.5 Å². The number of methoxy groups -OCH3 is 1. The minimum absolute atomic E-state index is 0.154. The average molecular weight is 325 g/mol. The number of hydrogen-bond acceptors (Lipinski definition) is 3. The van der Waals surface area contributed by atoms with E-state index in [4.69, 9.17) is 4.74 Å². The van der Waals surface area contributed by atoms with Crippen molar-refractivity contribution in [1.29, 1.82) is 0 Å². The van der Waals surface area contributed by atoms with Gasteiger partial charge in [-0.05, 0) is 43.0 Å². The Balaban J connectivity index is 2.24. The van der Waals surface area contributed by atoms with Crippen LogP contribution in [-0.2, 0) is 16.0 Å². The molecule has 0 aliphatic heterocycles. The zero-order valence-corrected chi connectivity index (χ0v) is 14.6. The molecule has 0 saturated heterocycles. The van der Waals surface area contributed by atoms with Crippen LogP contribution in [0.25, 0.3) is 0 Å². The fourth-order valence-corrected chi connectivity index (χ4v) is 2.54. The molecule has 1 unspecified atom stereocenters. The third-order valence-electron chi connectivity index (χ3n) is 4.21. The van der Waals surface area contributed by atoms with Crippen molar-refractivity contribution in [2.45, 2.75) is 33.1 Å². The second-order valence-corrected chi connectivity index (χ2v) is 5.80. The van der Waals surface area contributed by atoms with Crippen LogP contribution < -0.4 is 5.32 Å². The van der Waals surface area contributed by atoms with Gasteiger partial charge < -0.3 is 10.1 Å². The number of carbonyl (C=O) groups is 2. The third-order valence-corrected chi connectivity index (χ3v) is 4.21. The summed E-state index contributed by atoms with van der Waals surface area (Å²) in [6.07, 6.45) is 0.965. The fourth-order valence-electron chi connectivity index (χ4n) is 2.54. The van der Waals surface area contributed by atoms with E-state index in [9.17, 15) is 9.59 Å². The molecule has 1 atom stereocenters. The number of rotatable bonds is 5. The van der Waals surface area contributed by atoms with Gasteiger partial charge in [-0.15, -0.1) is 0 Å². The number of carbonyl (C=O) groups excluding carboxylic acids is 2. The van der Waals surface area contributed by atoms with Gasteiger partial charge >= 0.3 is 5.97 Å². The Bertz CT molecular complexity index is 735. The minimum atomic E-state index is -0.464. The first-order valence-corrected chi connectivity index (χ1v) is 8.05. The van der Waals surface area contributed by atoms with E-state index in [1.165, 1.54) is 12.7 Å². The second-order valence-electron chi connectivity index (χ2n) is 5.80. The van der Waals surface area contributed by atoms with Crippen molar-refractivity contribution in [2.24, 2.45) is 0 Å². The summed E-state index contributed by atoms with van der Waals surface area (Å²) in [7, 11) is 1.33. The Kier molecular flexibility index (Phi) is 5.74. The summed E-state index contributed by atoms with van der Waals surface area (Å²) in [6, 6.07) is 13.3. The minimum Gasteiger partial charge on any atom is -0.465 e. The maximum absolute atomic E-state index is 12.6. The van der Waals surface area contributed by atoms with Crippen LogP contribution in [0.1, 0.15) is 46.8 Å². The molecule has 2 aromatic rings. The molecule has 2 rings (SSSR count). The van der Waals surface area contributed by atoms with Crippen molar-refractivity contribution in [3.05, 3.63) is 64.7 Å². The monoisotopic (exact) mass is 325 g/mol. The summed E-state index contributed by atoms with van der Waals surface area (Å²) in [5.74, 6) is -0.936. The highest BCUT2D eigenvalue weighted by atomic mass is 16.5. The molecule has 1 N–H and O–H groups in total. The molecule has 2 aromatic carbocycles. The Morgan fingerprint density at radius 1 is 1.12 bits per heavy atom. The molecule has 0 heterocycles. The van der Waals surface area contributed by atoms with Crippen molar-refractivity contribution in [3.63, 3.8) is 0 Å². The average Bonchev–Trinajstić information content (AvgIpc) is 2.62. The Morgan fingerprint density at radius 3 is 2.38 bits per heavy atom. The molecule has 4 heteroatoms. The molecule has 126 valence electrons. The van der Waals surface area contributed by atoms with Crippen molar-refractivity contribution in [2.75, 3.05) is 12.4 Å². The number of nitrogens with one attached hydrogen (secondary N) is 1. The zero-order valence-electron chi connectivity index (χ0n) is 14.6. The maximum atomic E-state index is 12.6. The van der Waals surface area contributed by atoms with Gasteiger partial charge in [-0.1, -0.05) is 43.3 Å². The lowest BCUT2D eigenvalue weighted by Gasteiger charge is -2.16. The summed E-state index contributed by atoms with van der Waals surface area (Å²) in [6.45, 7) is 5.80. The van der Waals surface area contributed by atoms with Crippen LogP contribution >= 0.6 is 0 Å². The molecule has 0 spiro atoms. The van der Waals surface area contributed by atoms with Crippen LogP contribution in [0, 0.1) is 6.92 Å². The van der Waals surface area contributed by atoms with Gasteiger partial charge in [0, 0.05) is 0 Å². The van der Waals surface area contributed by atoms with Gasteiger partial charge in [-0.2, -0.15) is 0 Å². The number of aryl methyl sites for hydroxylation is 2. The van der Waals surface area contributed by atoms with Gasteiger partial charge in [0.1, 0.15) is 0 Å². The van der Waals surface area contributed by atoms with Crippen LogP contribution in [0.3, 0.4) is 0 Å². The molecular formula is C20H23NO3. The van der Waals surface area contributed by atoms with E-state index in [0.29, 0.717) is 11.3 Å². The highest BCUT2D eigenvalue weighted by Crippen LogP contribution is 2.24. The van der Waals surface area contributed by atoms with E-state index in [1.807, 2.05) is 44.2 Å². The molecule has 4 nitrogen and oxygen atoms in total. The molecule has 0 radical (unpaired) electrons. The highest BCUT2D eigenvalue weighted by molar-refractivity contribution is 6.03. The van der Waals surface area contributed by atoms with Gasteiger partial charge in [-0.3, -0.25) is 4.79 Å². The van der Waals surface area contributed by atoms with Crippen LogP contribution in [-0.4, -0.2) is 19.0 Å². The molecule has 0 aromatic heterocycles. The van der Waals surface area contributed by atoms with Gasteiger partial charge in [0.2, 0.25) is 5.91 Å². The molecule has 0 bridgehead atoms. The topological polar surface area (TPSA) is 55.4 Å². The van der Waals surface area contributed by atoms with Gasteiger partial charge in [0.15, 0.2) is 0 Å². The smallest absolute Gasteiger partial charge is 0.339 e. The quantitative estimate of drug-likeness (QED) is 0.843. The Hall–Kier alpha value is -2.62. The van der Waals surface area contributed by atoms with E-state index in [2.05, 4.69) is 12.2 Å². The predicted octanol–water partition coefficient (Wildman–Crippen LogP) is 4.09. The lowest BCUT2D eigenvalue weighted by atomic mass is 9.98. The van der Waals surface area contributed by atoms with E-state index >= 15 is 0 Å². The number of ether oxygens (including phenoxy) is 1. The van der Waals surface area contributed by atoms with Gasteiger partial charge in [0.25, 0.3) is 0 Å². The largest absolute Gasteiger partial charge is 0.465 e. The van der Waals surface area contributed by atoms with E-state index in [1.54, 1.807) is 12.1 Å². The number of hydrogen-bond donors (Lipinski definition) is 1.